The van der Waals surface area contributed by atoms with Gasteiger partial charge in [0.1, 0.15) is 18.0 Å². The standard InChI is InChI=1S/C21H31BrO6Si/c1-19(2,3)29(6,7)28-15-10-17(21(24)9-8-14(23)13(22)11-21)26-18(15)16-12-25-20(4,5)27-16/h8-11,15-16,18,24H,12H2,1-7H3/t15-,16-,18+,21?/m1/s1. The number of rotatable bonds is 4. The Morgan fingerprint density at radius 2 is 1.97 bits per heavy atom. The van der Waals surface area contributed by atoms with Crippen molar-refractivity contribution in [1.82, 2.24) is 0 Å². The van der Waals surface area contributed by atoms with E-state index in [0.717, 1.165) is 0 Å². The van der Waals surface area contributed by atoms with Crippen molar-refractivity contribution in [3.8, 4) is 0 Å². The lowest BCUT2D eigenvalue weighted by atomic mass is 9.95. The second kappa shape index (κ2) is 7.42. The number of hydrogen-bond acceptors (Lipinski definition) is 6. The van der Waals surface area contributed by atoms with E-state index >= 15 is 0 Å². The Balaban J connectivity index is 1.92. The van der Waals surface area contributed by atoms with Gasteiger partial charge in [-0.1, -0.05) is 20.8 Å². The third-order valence-electron chi connectivity index (χ3n) is 6.00. The Kier molecular flexibility index (Phi) is 5.86. The molecule has 2 heterocycles. The van der Waals surface area contributed by atoms with Gasteiger partial charge in [-0.3, -0.25) is 4.79 Å². The Labute approximate surface area is 182 Å². The highest BCUT2D eigenvalue weighted by Crippen LogP contribution is 2.43. The third-order valence-corrected chi connectivity index (χ3v) is 11.1. The van der Waals surface area contributed by atoms with Gasteiger partial charge < -0.3 is 23.7 Å². The van der Waals surface area contributed by atoms with Gasteiger partial charge >= 0.3 is 0 Å². The van der Waals surface area contributed by atoms with E-state index in [1.807, 2.05) is 19.9 Å². The molecule has 0 spiro atoms. The largest absolute Gasteiger partial charge is 0.485 e. The monoisotopic (exact) mass is 486 g/mol. The molecular weight excluding hydrogens is 456 g/mol. The summed E-state index contributed by atoms with van der Waals surface area (Å²) in [6.07, 6.45) is 4.86. The van der Waals surface area contributed by atoms with Crippen LogP contribution in [0, 0.1) is 0 Å². The highest BCUT2D eigenvalue weighted by Gasteiger charge is 2.50. The van der Waals surface area contributed by atoms with Crippen LogP contribution in [0.2, 0.25) is 18.1 Å². The number of carbonyl (C=O) groups is 1. The molecular formula is C21H31BrO6Si. The Morgan fingerprint density at radius 3 is 2.48 bits per heavy atom. The molecule has 0 amide bonds. The summed E-state index contributed by atoms with van der Waals surface area (Å²) in [7, 11) is -2.13. The maximum Gasteiger partial charge on any atom is 0.193 e. The number of aliphatic hydroxyl groups is 1. The molecule has 1 unspecified atom stereocenters. The zero-order valence-corrected chi connectivity index (χ0v) is 20.7. The Bertz CT molecular complexity index is 779. The summed E-state index contributed by atoms with van der Waals surface area (Å²) in [5, 5.41) is 11.2. The van der Waals surface area contributed by atoms with Crippen molar-refractivity contribution in [1.29, 1.82) is 0 Å². The first-order valence-corrected chi connectivity index (χ1v) is 13.6. The molecule has 3 aliphatic rings. The van der Waals surface area contributed by atoms with Crippen molar-refractivity contribution >= 4 is 30.0 Å². The van der Waals surface area contributed by atoms with Crippen LogP contribution in [0.4, 0.5) is 0 Å². The molecule has 4 atom stereocenters. The molecule has 1 saturated heterocycles. The first-order chi connectivity index (χ1) is 13.1. The van der Waals surface area contributed by atoms with Gasteiger partial charge in [0, 0.05) is 0 Å². The molecule has 3 rings (SSSR count). The van der Waals surface area contributed by atoms with Crippen LogP contribution in [0.25, 0.3) is 0 Å². The van der Waals surface area contributed by atoms with Crippen molar-refractivity contribution in [2.75, 3.05) is 6.61 Å². The summed E-state index contributed by atoms with van der Waals surface area (Å²) >= 11 is 3.21. The topological polar surface area (TPSA) is 74.2 Å². The van der Waals surface area contributed by atoms with E-state index in [4.69, 9.17) is 18.6 Å². The summed E-state index contributed by atoms with van der Waals surface area (Å²) < 4.78 is 24.9. The van der Waals surface area contributed by atoms with E-state index in [0.29, 0.717) is 16.8 Å². The van der Waals surface area contributed by atoms with E-state index in [1.165, 1.54) is 18.2 Å². The first-order valence-electron chi connectivity index (χ1n) is 9.86. The maximum absolute atomic E-state index is 11.8. The molecule has 6 nitrogen and oxygen atoms in total. The summed E-state index contributed by atoms with van der Waals surface area (Å²) in [5.74, 6) is -0.566. The Hall–Kier alpha value is -0.773. The van der Waals surface area contributed by atoms with E-state index < -0.39 is 31.9 Å². The highest BCUT2D eigenvalue weighted by molar-refractivity contribution is 9.12. The zero-order chi connectivity index (χ0) is 21.8. The predicted octanol–water partition coefficient (Wildman–Crippen LogP) is 3.96. The zero-order valence-electron chi connectivity index (χ0n) is 18.1. The molecule has 1 fully saturated rings. The molecule has 0 saturated carbocycles. The van der Waals surface area contributed by atoms with Crippen LogP contribution in [0.1, 0.15) is 34.6 Å². The number of allylic oxidation sites excluding steroid dienone is 2. The lowest BCUT2D eigenvalue weighted by Crippen LogP contribution is -2.49. The van der Waals surface area contributed by atoms with E-state index in [2.05, 4.69) is 49.8 Å². The van der Waals surface area contributed by atoms with E-state index in [1.54, 1.807) is 0 Å². The molecule has 29 heavy (non-hydrogen) atoms. The molecule has 1 aliphatic carbocycles. The van der Waals surface area contributed by atoms with Crippen molar-refractivity contribution in [2.45, 2.75) is 82.5 Å². The van der Waals surface area contributed by atoms with Gasteiger partial charge in [-0.05, 0) is 72.2 Å². The van der Waals surface area contributed by atoms with Crippen LogP contribution in [-0.4, -0.2) is 55.5 Å². The predicted molar refractivity (Wildman–Crippen MR) is 116 cm³/mol. The van der Waals surface area contributed by atoms with Gasteiger partial charge in [0.05, 0.1) is 11.1 Å². The molecule has 0 radical (unpaired) electrons. The smallest absolute Gasteiger partial charge is 0.193 e. The molecule has 2 aliphatic heterocycles. The molecule has 1 N–H and O–H groups in total. The van der Waals surface area contributed by atoms with Gasteiger partial charge in [0.15, 0.2) is 31.6 Å². The van der Waals surface area contributed by atoms with Crippen molar-refractivity contribution < 1.29 is 28.5 Å². The van der Waals surface area contributed by atoms with Gasteiger partial charge in [0.25, 0.3) is 0 Å². The average Bonchev–Trinajstić information content (AvgIpc) is 3.13. The second-order valence-corrected chi connectivity index (χ2v) is 15.4. The SMILES string of the molecule is CC1(C)OC[C@H]([C@H]2OC(C3(O)C=CC(=O)C(Br)=C3)=C[C@H]2O[Si](C)(C)C(C)(C)C)O1. The molecule has 162 valence electrons. The minimum Gasteiger partial charge on any atom is -0.485 e. The minimum atomic E-state index is -2.13. The van der Waals surface area contributed by atoms with Gasteiger partial charge in [-0.25, -0.2) is 0 Å². The van der Waals surface area contributed by atoms with Crippen LogP contribution in [-0.2, 0) is 23.4 Å². The number of carbonyl (C=O) groups excluding carboxylic acids is 1. The van der Waals surface area contributed by atoms with Gasteiger partial charge in [-0.2, -0.15) is 0 Å². The number of ether oxygens (including phenoxy) is 3. The van der Waals surface area contributed by atoms with Crippen molar-refractivity contribution in [3.63, 3.8) is 0 Å². The van der Waals surface area contributed by atoms with Crippen LogP contribution in [0.3, 0.4) is 0 Å². The van der Waals surface area contributed by atoms with Crippen LogP contribution >= 0.6 is 15.9 Å². The van der Waals surface area contributed by atoms with Crippen molar-refractivity contribution in [2.24, 2.45) is 0 Å². The lowest BCUT2D eigenvalue weighted by molar-refractivity contribution is -0.157. The van der Waals surface area contributed by atoms with Crippen LogP contribution in [0.5, 0.6) is 0 Å². The number of halogens is 1. The fourth-order valence-electron chi connectivity index (χ4n) is 3.26. The summed E-state index contributed by atoms with van der Waals surface area (Å²) in [6, 6.07) is 0. The average molecular weight is 487 g/mol. The fourth-order valence-corrected chi connectivity index (χ4v) is 4.97. The van der Waals surface area contributed by atoms with Crippen molar-refractivity contribution in [3.05, 3.63) is 34.5 Å². The molecule has 0 aromatic heterocycles. The summed E-state index contributed by atoms with van der Waals surface area (Å²) in [6.45, 7) is 15.0. The molecule has 0 aromatic rings. The summed E-state index contributed by atoms with van der Waals surface area (Å²) in [5.41, 5.74) is -1.52. The minimum absolute atomic E-state index is 0.0113. The molecule has 8 heteroatoms. The fraction of sp³-hybridized carbons (Fsp3) is 0.667. The first kappa shape index (κ1) is 22.9. The number of ketones is 1. The molecule has 0 aromatic carbocycles. The van der Waals surface area contributed by atoms with E-state index in [-0.39, 0.29) is 16.9 Å². The lowest BCUT2D eigenvalue weighted by Gasteiger charge is -2.39. The Morgan fingerprint density at radius 1 is 1.31 bits per heavy atom. The summed E-state index contributed by atoms with van der Waals surface area (Å²) in [4.78, 5) is 11.8. The van der Waals surface area contributed by atoms with Gasteiger partial charge in [-0.15, -0.1) is 0 Å². The van der Waals surface area contributed by atoms with Gasteiger partial charge in [0.2, 0.25) is 0 Å². The van der Waals surface area contributed by atoms with Crippen LogP contribution < -0.4 is 0 Å². The quantitative estimate of drug-likeness (QED) is 0.606. The second-order valence-electron chi connectivity index (χ2n) is 9.84. The maximum atomic E-state index is 11.8. The third kappa shape index (κ3) is 4.62. The number of hydrogen-bond donors (Lipinski definition) is 1. The van der Waals surface area contributed by atoms with Crippen LogP contribution in [0.15, 0.2) is 34.5 Å². The normalized spacial score (nSPS) is 34.8. The van der Waals surface area contributed by atoms with E-state index in [9.17, 15) is 9.90 Å². The molecule has 0 bridgehead atoms. The highest BCUT2D eigenvalue weighted by atomic mass is 79.9.